The van der Waals surface area contributed by atoms with E-state index in [1.54, 1.807) is 38.5 Å². The van der Waals surface area contributed by atoms with Crippen molar-refractivity contribution in [2.24, 2.45) is 0 Å². The van der Waals surface area contributed by atoms with Gasteiger partial charge in [0.2, 0.25) is 0 Å². The van der Waals surface area contributed by atoms with Gasteiger partial charge in [-0.1, -0.05) is 12.1 Å². The molecule has 2 aromatic rings. The first-order valence-corrected chi connectivity index (χ1v) is 6.39. The van der Waals surface area contributed by atoms with Crippen LogP contribution in [0.3, 0.4) is 0 Å². The fourth-order valence-corrected chi connectivity index (χ4v) is 2.10. The van der Waals surface area contributed by atoms with Gasteiger partial charge in [-0.15, -0.1) is 0 Å². The van der Waals surface area contributed by atoms with Gasteiger partial charge in [0.05, 0.1) is 4.92 Å². The summed E-state index contributed by atoms with van der Waals surface area (Å²) in [6.07, 6.45) is 3.35. The quantitative estimate of drug-likeness (QED) is 0.639. The molecule has 1 amide bonds. The van der Waals surface area contributed by atoms with Crippen LogP contribution in [0.1, 0.15) is 21.5 Å². The van der Waals surface area contributed by atoms with Gasteiger partial charge in [0.1, 0.15) is 0 Å². The molecule has 0 radical (unpaired) electrons. The van der Waals surface area contributed by atoms with Crippen molar-refractivity contribution >= 4 is 11.6 Å². The molecule has 108 valence electrons. The first-order valence-electron chi connectivity index (χ1n) is 6.39. The molecule has 0 bridgehead atoms. The average molecular weight is 285 g/mol. The molecule has 0 unspecified atom stereocenters. The van der Waals surface area contributed by atoms with Gasteiger partial charge in [-0.2, -0.15) is 0 Å². The minimum absolute atomic E-state index is 0.0457. The Kier molecular flexibility index (Phi) is 4.27. The summed E-state index contributed by atoms with van der Waals surface area (Å²) >= 11 is 0. The van der Waals surface area contributed by atoms with E-state index in [1.165, 1.54) is 17.0 Å². The number of rotatable bonds is 4. The molecule has 1 heterocycles. The van der Waals surface area contributed by atoms with Gasteiger partial charge in [0.25, 0.3) is 11.6 Å². The zero-order valence-electron chi connectivity index (χ0n) is 11.8. The molecular weight excluding hydrogens is 270 g/mol. The van der Waals surface area contributed by atoms with Crippen molar-refractivity contribution in [3.05, 3.63) is 69.5 Å². The van der Waals surface area contributed by atoms with E-state index in [0.717, 1.165) is 5.56 Å². The van der Waals surface area contributed by atoms with Gasteiger partial charge in [0, 0.05) is 43.2 Å². The van der Waals surface area contributed by atoms with Crippen LogP contribution < -0.4 is 0 Å². The Labute approximate surface area is 122 Å². The predicted octanol–water partition coefficient (Wildman–Crippen LogP) is 2.57. The molecule has 0 spiro atoms. The Morgan fingerprint density at radius 1 is 1.33 bits per heavy atom. The van der Waals surface area contributed by atoms with Crippen LogP contribution in [-0.4, -0.2) is 27.8 Å². The Hall–Kier alpha value is -2.76. The maximum Gasteiger partial charge on any atom is 0.273 e. The lowest BCUT2D eigenvalue weighted by Gasteiger charge is -2.18. The molecule has 0 fully saturated rings. The third-order valence-corrected chi connectivity index (χ3v) is 3.22. The first kappa shape index (κ1) is 14.6. The highest BCUT2D eigenvalue weighted by molar-refractivity contribution is 5.96. The van der Waals surface area contributed by atoms with E-state index < -0.39 is 4.92 Å². The average Bonchev–Trinajstić information content (AvgIpc) is 2.47. The molecule has 0 aliphatic rings. The first-order chi connectivity index (χ1) is 10.0. The van der Waals surface area contributed by atoms with Crippen LogP contribution in [0.2, 0.25) is 0 Å². The number of nitro benzene ring substituents is 1. The van der Waals surface area contributed by atoms with Crippen LogP contribution in [0.5, 0.6) is 0 Å². The lowest BCUT2D eigenvalue weighted by molar-refractivity contribution is -0.385. The summed E-state index contributed by atoms with van der Waals surface area (Å²) in [4.78, 5) is 28.4. The van der Waals surface area contributed by atoms with E-state index >= 15 is 0 Å². The lowest BCUT2D eigenvalue weighted by atomic mass is 10.1. The van der Waals surface area contributed by atoms with Crippen molar-refractivity contribution in [3.8, 4) is 0 Å². The number of carbonyl (C=O) groups is 1. The van der Waals surface area contributed by atoms with Crippen LogP contribution in [0, 0.1) is 17.0 Å². The van der Waals surface area contributed by atoms with Gasteiger partial charge in [-0.05, 0) is 24.6 Å². The van der Waals surface area contributed by atoms with Crippen molar-refractivity contribution in [1.29, 1.82) is 0 Å². The molecule has 0 saturated heterocycles. The van der Waals surface area contributed by atoms with E-state index in [0.29, 0.717) is 17.7 Å². The van der Waals surface area contributed by atoms with Gasteiger partial charge < -0.3 is 4.90 Å². The molecule has 0 saturated carbocycles. The third kappa shape index (κ3) is 3.22. The molecule has 1 aromatic carbocycles. The normalized spacial score (nSPS) is 10.2. The number of hydrogen-bond acceptors (Lipinski definition) is 4. The minimum atomic E-state index is -0.479. The number of nitro groups is 1. The van der Waals surface area contributed by atoms with Crippen molar-refractivity contribution < 1.29 is 9.72 Å². The highest BCUT2D eigenvalue weighted by Crippen LogP contribution is 2.22. The van der Waals surface area contributed by atoms with E-state index in [2.05, 4.69) is 4.98 Å². The number of amides is 1. The van der Waals surface area contributed by atoms with Crippen LogP contribution in [0.25, 0.3) is 0 Å². The number of hydrogen-bond donors (Lipinski definition) is 0. The Balaban J connectivity index is 2.24. The molecule has 2 rings (SSSR count). The van der Waals surface area contributed by atoms with E-state index in [9.17, 15) is 14.9 Å². The van der Waals surface area contributed by atoms with Crippen molar-refractivity contribution in [2.75, 3.05) is 7.05 Å². The number of nitrogens with zero attached hydrogens (tertiary/aromatic N) is 3. The number of aromatic nitrogens is 1. The summed E-state index contributed by atoms with van der Waals surface area (Å²) in [7, 11) is 1.66. The second-order valence-corrected chi connectivity index (χ2v) is 4.73. The Bertz CT molecular complexity index is 671. The molecule has 0 N–H and O–H groups in total. The summed E-state index contributed by atoms with van der Waals surface area (Å²) in [5.41, 5.74) is 1.58. The summed E-state index contributed by atoms with van der Waals surface area (Å²) in [6.45, 7) is 1.98. The minimum Gasteiger partial charge on any atom is -0.337 e. The van der Waals surface area contributed by atoms with Crippen LogP contribution in [0.4, 0.5) is 5.69 Å². The highest BCUT2D eigenvalue weighted by atomic mass is 16.6. The maximum atomic E-state index is 12.4. The number of benzene rings is 1. The summed E-state index contributed by atoms with van der Waals surface area (Å²) in [6, 6.07) is 8.19. The molecule has 0 aliphatic heterocycles. The number of carbonyl (C=O) groups excluding carboxylic acids is 1. The standard InChI is InChI=1S/C15H15N3O3/c1-11-13(6-3-7-14(11)18(20)21)15(19)17(2)10-12-5-4-8-16-9-12/h3-9H,10H2,1-2H3. The fourth-order valence-electron chi connectivity index (χ4n) is 2.10. The molecule has 0 aliphatic carbocycles. The van der Waals surface area contributed by atoms with Crippen molar-refractivity contribution in [1.82, 2.24) is 9.88 Å². The Morgan fingerprint density at radius 3 is 2.71 bits per heavy atom. The molecule has 21 heavy (non-hydrogen) atoms. The Morgan fingerprint density at radius 2 is 2.10 bits per heavy atom. The van der Waals surface area contributed by atoms with Gasteiger partial charge in [-0.3, -0.25) is 19.9 Å². The molecule has 6 nitrogen and oxygen atoms in total. The van der Waals surface area contributed by atoms with E-state index in [4.69, 9.17) is 0 Å². The second-order valence-electron chi connectivity index (χ2n) is 4.73. The lowest BCUT2D eigenvalue weighted by Crippen LogP contribution is -2.27. The topological polar surface area (TPSA) is 76.3 Å². The monoisotopic (exact) mass is 285 g/mol. The van der Waals surface area contributed by atoms with Crippen LogP contribution >= 0.6 is 0 Å². The predicted molar refractivity (Wildman–Crippen MR) is 77.9 cm³/mol. The molecular formula is C15H15N3O3. The van der Waals surface area contributed by atoms with E-state index in [-0.39, 0.29) is 11.6 Å². The second kappa shape index (κ2) is 6.13. The zero-order valence-corrected chi connectivity index (χ0v) is 11.8. The summed E-state index contributed by atoms with van der Waals surface area (Å²) < 4.78 is 0. The fraction of sp³-hybridized carbons (Fsp3) is 0.200. The zero-order chi connectivity index (χ0) is 15.4. The highest BCUT2D eigenvalue weighted by Gasteiger charge is 2.20. The molecule has 0 atom stereocenters. The van der Waals surface area contributed by atoms with Gasteiger partial charge in [0.15, 0.2) is 0 Å². The smallest absolute Gasteiger partial charge is 0.273 e. The largest absolute Gasteiger partial charge is 0.337 e. The van der Waals surface area contributed by atoms with Crippen LogP contribution in [-0.2, 0) is 6.54 Å². The van der Waals surface area contributed by atoms with Gasteiger partial charge >= 0.3 is 0 Å². The maximum absolute atomic E-state index is 12.4. The molecule has 1 aromatic heterocycles. The summed E-state index contributed by atoms with van der Waals surface area (Å²) in [5.74, 6) is -0.250. The van der Waals surface area contributed by atoms with Crippen molar-refractivity contribution in [2.45, 2.75) is 13.5 Å². The SMILES string of the molecule is Cc1c(C(=O)N(C)Cc2cccnc2)cccc1[N+](=O)[O-]. The van der Waals surface area contributed by atoms with Gasteiger partial charge in [-0.25, -0.2) is 0 Å². The van der Waals surface area contributed by atoms with Crippen molar-refractivity contribution in [3.63, 3.8) is 0 Å². The number of pyridine rings is 1. The molecule has 6 heteroatoms. The summed E-state index contributed by atoms with van der Waals surface area (Å²) in [5, 5.41) is 10.9. The van der Waals surface area contributed by atoms with E-state index in [1.807, 2.05) is 6.07 Å². The van der Waals surface area contributed by atoms with Crippen LogP contribution in [0.15, 0.2) is 42.7 Å². The third-order valence-electron chi connectivity index (χ3n) is 3.22.